The van der Waals surface area contributed by atoms with Crippen molar-refractivity contribution in [1.82, 2.24) is 19.9 Å². The van der Waals surface area contributed by atoms with E-state index in [2.05, 4.69) is 15.4 Å². The number of nitrogens with one attached hydrogen (secondary N) is 1. The Morgan fingerprint density at radius 1 is 1.39 bits per heavy atom. The molecule has 3 aromatic rings. The van der Waals surface area contributed by atoms with Crippen LogP contribution in [0.1, 0.15) is 28.9 Å². The van der Waals surface area contributed by atoms with Gasteiger partial charge in [-0.05, 0) is 36.5 Å². The Balaban J connectivity index is 1.38. The van der Waals surface area contributed by atoms with Crippen molar-refractivity contribution in [2.45, 2.75) is 31.5 Å². The van der Waals surface area contributed by atoms with Crippen LogP contribution in [-0.2, 0) is 11.3 Å². The number of amides is 1. The van der Waals surface area contributed by atoms with Crippen LogP contribution in [0.4, 0.5) is 5.69 Å². The van der Waals surface area contributed by atoms with E-state index in [1.165, 1.54) is 4.52 Å². The van der Waals surface area contributed by atoms with Crippen LogP contribution in [0.25, 0.3) is 5.65 Å². The van der Waals surface area contributed by atoms with E-state index in [4.69, 9.17) is 21.1 Å². The number of benzene rings is 1. The molecule has 0 unspecified atom stereocenters. The summed E-state index contributed by atoms with van der Waals surface area (Å²) < 4.78 is 12.5. The zero-order valence-electron chi connectivity index (χ0n) is 17.4. The average molecular weight is 442 g/mol. The number of fused-ring (bicyclic) bond motifs is 2. The van der Waals surface area contributed by atoms with E-state index in [1.54, 1.807) is 19.4 Å². The van der Waals surface area contributed by atoms with Gasteiger partial charge in [-0.3, -0.25) is 4.79 Å². The molecular weight excluding hydrogens is 418 g/mol. The molecule has 3 heterocycles. The maximum absolute atomic E-state index is 12.9. The number of aromatic nitrogens is 3. The Morgan fingerprint density at radius 3 is 2.94 bits per heavy atom. The smallest absolute Gasteiger partial charge is 0.271 e. The Kier molecular flexibility index (Phi) is 5.19. The molecule has 3 atom stereocenters. The molecule has 162 valence electrons. The lowest BCUT2D eigenvalue weighted by Gasteiger charge is -2.39. The maximum Gasteiger partial charge on any atom is 0.271 e. The average Bonchev–Trinajstić information content (AvgIpc) is 3.35. The van der Waals surface area contributed by atoms with E-state index in [0.29, 0.717) is 29.0 Å². The number of anilines is 1. The van der Waals surface area contributed by atoms with Crippen molar-refractivity contribution in [3.63, 3.8) is 0 Å². The number of carbonyl (C=O) groups excluding carboxylic acids is 1. The van der Waals surface area contributed by atoms with Gasteiger partial charge < -0.3 is 19.7 Å². The highest BCUT2D eigenvalue weighted by Crippen LogP contribution is 2.38. The summed E-state index contributed by atoms with van der Waals surface area (Å²) in [4.78, 5) is 19.4. The monoisotopic (exact) mass is 441 g/mol. The molecule has 8 nitrogen and oxygen atoms in total. The van der Waals surface area contributed by atoms with Crippen molar-refractivity contribution in [3.05, 3.63) is 52.9 Å². The summed E-state index contributed by atoms with van der Waals surface area (Å²) in [6.07, 6.45) is 3.71. The zero-order valence-corrected chi connectivity index (χ0v) is 18.2. The van der Waals surface area contributed by atoms with E-state index < -0.39 is 0 Å². The number of imidazole rings is 1. The fourth-order valence-corrected chi connectivity index (χ4v) is 4.63. The molecular formula is C22H24ClN5O3. The maximum atomic E-state index is 12.9. The second-order valence-electron chi connectivity index (χ2n) is 8.14. The first-order valence-electron chi connectivity index (χ1n) is 10.3. The first kappa shape index (κ1) is 20.1. The van der Waals surface area contributed by atoms with E-state index >= 15 is 0 Å². The predicted molar refractivity (Wildman–Crippen MR) is 117 cm³/mol. The second kappa shape index (κ2) is 8.01. The van der Waals surface area contributed by atoms with Crippen molar-refractivity contribution >= 4 is 28.8 Å². The van der Waals surface area contributed by atoms with Gasteiger partial charge in [0.15, 0.2) is 16.5 Å². The Labute approximate surface area is 185 Å². The molecule has 1 amide bonds. The van der Waals surface area contributed by atoms with Crippen LogP contribution in [0.3, 0.4) is 0 Å². The molecule has 1 saturated carbocycles. The third-order valence-corrected chi connectivity index (χ3v) is 6.36. The van der Waals surface area contributed by atoms with Gasteiger partial charge in [0, 0.05) is 26.3 Å². The summed E-state index contributed by atoms with van der Waals surface area (Å²) >= 11 is 6.31. The van der Waals surface area contributed by atoms with Gasteiger partial charge in [0.1, 0.15) is 5.75 Å². The van der Waals surface area contributed by atoms with Gasteiger partial charge in [-0.1, -0.05) is 23.7 Å². The van der Waals surface area contributed by atoms with Gasteiger partial charge in [-0.15, -0.1) is 0 Å². The molecule has 0 spiro atoms. The molecule has 0 bridgehead atoms. The quantitative estimate of drug-likeness (QED) is 0.633. The van der Waals surface area contributed by atoms with Crippen LogP contribution >= 0.6 is 11.6 Å². The summed E-state index contributed by atoms with van der Waals surface area (Å²) in [7, 11) is 3.60. The Bertz CT molecular complexity index is 1120. The largest absolute Gasteiger partial charge is 0.497 e. The van der Waals surface area contributed by atoms with E-state index in [1.807, 2.05) is 36.2 Å². The highest BCUT2D eigenvalue weighted by molar-refractivity contribution is 6.29. The van der Waals surface area contributed by atoms with E-state index in [9.17, 15) is 4.79 Å². The Hall–Kier alpha value is -2.84. The van der Waals surface area contributed by atoms with Gasteiger partial charge in [0.2, 0.25) is 0 Å². The van der Waals surface area contributed by atoms with Gasteiger partial charge in [0.25, 0.3) is 5.91 Å². The SMILES string of the molecule is COc1ccc(CN(C)c2cc(Cl)nn3c(C(=O)N[C@@H]4C[C@H]5CCO[C@H]54)cnc23)cc1. The first-order valence-corrected chi connectivity index (χ1v) is 10.7. The molecule has 5 rings (SSSR count). The minimum absolute atomic E-state index is 0.0435. The van der Waals surface area contributed by atoms with Crippen LogP contribution in [0.15, 0.2) is 36.5 Å². The third kappa shape index (κ3) is 3.70. The fourth-order valence-electron chi connectivity index (χ4n) is 4.45. The van der Waals surface area contributed by atoms with Crippen molar-refractivity contribution in [3.8, 4) is 5.75 Å². The predicted octanol–water partition coefficient (Wildman–Crippen LogP) is 2.93. The van der Waals surface area contributed by atoms with Gasteiger partial charge in [-0.25, -0.2) is 9.50 Å². The minimum atomic E-state index is -0.218. The molecule has 2 fully saturated rings. The molecule has 9 heteroatoms. The number of hydrogen-bond donors (Lipinski definition) is 1. The van der Waals surface area contributed by atoms with Crippen LogP contribution < -0.4 is 15.0 Å². The summed E-state index contributed by atoms with van der Waals surface area (Å²) in [6.45, 7) is 1.41. The van der Waals surface area contributed by atoms with Crippen molar-refractivity contribution in [2.24, 2.45) is 5.92 Å². The first-order chi connectivity index (χ1) is 15.0. The van der Waals surface area contributed by atoms with E-state index in [-0.39, 0.29) is 18.1 Å². The normalized spacial score (nSPS) is 22.1. The molecule has 1 aromatic carbocycles. The van der Waals surface area contributed by atoms with Crippen LogP contribution in [0, 0.1) is 5.92 Å². The summed E-state index contributed by atoms with van der Waals surface area (Å²) in [5.41, 5.74) is 2.83. The zero-order chi connectivity index (χ0) is 21.5. The Morgan fingerprint density at radius 2 is 2.19 bits per heavy atom. The summed E-state index contributed by atoms with van der Waals surface area (Å²) in [5, 5.41) is 7.69. The highest BCUT2D eigenvalue weighted by Gasteiger charge is 2.46. The number of rotatable bonds is 6. The van der Waals surface area contributed by atoms with Crippen molar-refractivity contribution < 1.29 is 14.3 Å². The van der Waals surface area contributed by atoms with E-state index in [0.717, 1.165) is 36.4 Å². The molecule has 1 N–H and O–H groups in total. The third-order valence-electron chi connectivity index (χ3n) is 6.17. The minimum Gasteiger partial charge on any atom is -0.497 e. The number of ether oxygens (including phenoxy) is 2. The van der Waals surface area contributed by atoms with Gasteiger partial charge in [0.05, 0.1) is 31.1 Å². The number of carbonyl (C=O) groups is 1. The standard InChI is InChI=1S/C22H24ClN5O3/c1-27(12-13-3-5-15(30-2)6-4-13)17-10-19(23)26-28-18(11-24-21(17)28)22(29)25-16-9-14-7-8-31-20(14)16/h3-6,10-11,14,16,20H,7-9,12H2,1-2H3,(H,25,29)/t14-,16-,20-/m1/s1. The van der Waals surface area contributed by atoms with Crippen LogP contribution in [0.2, 0.25) is 5.15 Å². The number of methoxy groups -OCH3 is 1. The molecule has 2 aromatic heterocycles. The lowest BCUT2D eigenvalue weighted by atomic mass is 9.77. The number of hydrogen-bond acceptors (Lipinski definition) is 6. The van der Waals surface area contributed by atoms with Gasteiger partial charge in [-0.2, -0.15) is 5.10 Å². The lowest BCUT2D eigenvalue weighted by molar-refractivity contribution is -0.000686. The summed E-state index contributed by atoms with van der Waals surface area (Å²) in [6, 6.07) is 9.68. The fraction of sp³-hybridized carbons (Fsp3) is 0.409. The van der Waals surface area contributed by atoms with Gasteiger partial charge >= 0.3 is 0 Å². The number of nitrogens with zero attached hydrogens (tertiary/aromatic N) is 4. The second-order valence-corrected chi connectivity index (χ2v) is 8.52. The molecule has 2 aliphatic rings. The summed E-state index contributed by atoms with van der Waals surface area (Å²) in [5.74, 6) is 1.16. The number of halogens is 1. The van der Waals surface area contributed by atoms with Crippen LogP contribution in [0.5, 0.6) is 5.75 Å². The lowest BCUT2D eigenvalue weighted by Crippen LogP contribution is -2.54. The molecule has 1 aliphatic carbocycles. The topological polar surface area (TPSA) is 81.0 Å². The van der Waals surface area contributed by atoms with Crippen molar-refractivity contribution in [2.75, 3.05) is 25.7 Å². The molecule has 31 heavy (non-hydrogen) atoms. The van der Waals surface area contributed by atoms with Crippen LogP contribution in [-0.4, -0.2) is 53.4 Å². The molecule has 1 aliphatic heterocycles. The molecule has 1 saturated heterocycles. The highest BCUT2D eigenvalue weighted by atomic mass is 35.5. The molecule has 0 radical (unpaired) electrons. The van der Waals surface area contributed by atoms with Crippen molar-refractivity contribution in [1.29, 1.82) is 0 Å².